The van der Waals surface area contributed by atoms with Crippen LogP contribution in [-0.4, -0.2) is 54.4 Å². The fourth-order valence-corrected chi connectivity index (χ4v) is 3.80. The Labute approximate surface area is 134 Å². The zero-order chi connectivity index (χ0) is 15.5. The van der Waals surface area contributed by atoms with Gasteiger partial charge in [-0.3, -0.25) is 9.59 Å². The third-order valence-corrected chi connectivity index (χ3v) is 5.25. The Morgan fingerprint density at radius 2 is 2.36 bits per heavy atom. The summed E-state index contributed by atoms with van der Waals surface area (Å²) in [5.74, 6) is 2.11. The van der Waals surface area contributed by atoms with Crippen LogP contribution in [0.3, 0.4) is 0 Å². The van der Waals surface area contributed by atoms with E-state index < -0.39 is 0 Å². The van der Waals surface area contributed by atoms with E-state index in [2.05, 4.69) is 10.6 Å². The fraction of sp³-hybridized carbons (Fsp3) is 0.500. The van der Waals surface area contributed by atoms with Crippen molar-refractivity contribution < 1.29 is 9.59 Å². The van der Waals surface area contributed by atoms with E-state index >= 15 is 0 Å². The summed E-state index contributed by atoms with van der Waals surface area (Å²) in [5.41, 5.74) is 2.47. The molecule has 0 aliphatic carbocycles. The topological polar surface area (TPSA) is 61.4 Å². The lowest BCUT2D eigenvalue weighted by atomic mass is 9.98. The molecule has 1 aromatic carbocycles. The molecule has 22 heavy (non-hydrogen) atoms. The summed E-state index contributed by atoms with van der Waals surface area (Å²) in [7, 11) is 1.81. The monoisotopic (exact) mass is 319 g/mol. The molecule has 1 saturated heterocycles. The Hall–Kier alpha value is -1.53. The average molecular weight is 319 g/mol. The number of hydrogen-bond acceptors (Lipinski definition) is 4. The van der Waals surface area contributed by atoms with Crippen molar-refractivity contribution in [3.8, 4) is 0 Å². The quantitative estimate of drug-likeness (QED) is 0.883. The zero-order valence-corrected chi connectivity index (χ0v) is 13.5. The van der Waals surface area contributed by atoms with E-state index in [1.165, 1.54) is 0 Å². The largest absolute Gasteiger partial charge is 0.341 e. The van der Waals surface area contributed by atoms with Crippen LogP contribution in [-0.2, 0) is 11.2 Å². The highest BCUT2D eigenvalue weighted by molar-refractivity contribution is 7.99. The molecule has 1 aromatic rings. The van der Waals surface area contributed by atoms with Crippen LogP contribution in [0.1, 0.15) is 22.3 Å². The molecule has 118 valence electrons. The van der Waals surface area contributed by atoms with Crippen molar-refractivity contribution in [2.24, 2.45) is 0 Å². The molecule has 1 unspecified atom stereocenters. The summed E-state index contributed by atoms with van der Waals surface area (Å²) in [6.45, 7) is 1.71. The highest BCUT2D eigenvalue weighted by Crippen LogP contribution is 2.22. The van der Waals surface area contributed by atoms with Crippen LogP contribution in [0, 0.1) is 0 Å². The van der Waals surface area contributed by atoms with Crippen molar-refractivity contribution in [2.45, 2.75) is 18.9 Å². The number of likely N-dealkylation sites (N-methyl/N-ethyl adjacent to an activating group) is 1. The molecule has 2 aliphatic rings. The van der Waals surface area contributed by atoms with E-state index in [1.807, 2.05) is 30.9 Å². The first-order valence-corrected chi connectivity index (χ1v) is 8.78. The number of benzene rings is 1. The van der Waals surface area contributed by atoms with Crippen molar-refractivity contribution in [3.63, 3.8) is 0 Å². The van der Waals surface area contributed by atoms with E-state index in [0.717, 1.165) is 36.6 Å². The molecule has 0 bridgehead atoms. The minimum atomic E-state index is -0.00318. The van der Waals surface area contributed by atoms with Crippen molar-refractivity contribution in [1.82, 2.24) is 10.2 Å². The van der Waals surface area contributed by atoms with Crippen LogP contribution in [0.15, 0.2) is 18.2 Å². The van der Waals surface area contributed by atoms with Gasteiger partial charge in [-0.25, -0.2) is 0 Å². The predicted molar refractivity (Wildman–Crippen MR) is 89.5 cm³/mol. The standard InChI is InChI=1S/C16H21N3O2S/c1-19-6-4-11-2-3-12(8-14(11)16(19)21)18-15(20)9-13-10-22-7-5-17-13/h2-3,8,13,17H,4-7,9-10H2,1H3,(H,18,20). The normalized spacial score (nSPS) is 21.4. The Morgan fingerprint density at radius 1 is 1.50 bits per heavy atom. The number of fused-ring (bicyclic) bond motifs is 1. The SMILES string of the molecule is CN1CCc2ccc(NC(=O)CC3CSCCN3)cc2C1=O. The van der Waals surface area contributed by atoms with E-state index in [-0.39, 0.29) is 17.9 Å². The Morgan fingerprint density at radius 3 is 3.14 bits per heavy atom. The van der Waals surface area contributed by atoms with Crippen LogP contribution < -0.4 is 10.6 Å². The van der Waals surface area contributed by atoms with Crippen molar-refractivity contribution in [2.75, 3.05) is 37.0 Å². The molecular formula is C16H21N3O2S. The molecule has 0 aromatic heterocycles. The zero-order valence-electron chi connectivity index (χ0n) is 12.7. The van der Waals surface area contributed by atoms with Crippen LogP contribution in [0.25, 0.3) is 0 Å². The molecule has 0 radical (unpaired) electrons. The molecule has 5 nitrogen and oxygen atoms in total. The van der Waals surface area contributed by atoms with Gasteiger partial charge in [0.2, 0.25) is 5.91 Å². The minimum absolute atomic E-state index is 0.00318. The number of anilines is 1. The van der Waals surface area contributed by atoms with Gasteiger partial charge in [0.15, 0.2) is 0 Å². The van der Waals surface area contributed by atoms with E-state index in [1.54, 1.807) is 11.0 Å². The highest BCUT2D eigenvalue weighted by Gasteiger charge is 2.22. The number of carbonyl (C=O) groups is 2. The van der Waals surface area contributed by atoms with Gasteiger partial charge < -0.3 is 15.5 Å². The first-order valence-electron chi connectivity index (χ1n) is 7.63. The number of carbonyl (C=O) groups excluding carboxylic acids is 2. The fourth-order valence-electron chi connectivity index (χ4n) is 2.85. The number of amides is 2. The lowest BCUT2D eigenvalue weighted by Gasteiger charge is -2.25. The van der Waals surface area contributed by atoms with E-state index in [9.17, 15) is 9.59 Å². The number of rotatable bonds is 3. The predicted octanol–water partition coefficient (Wildman–Crippen LogP) is 1.35. The van der Waals surface area contributed by atoms with Gasteiger partial charge >= 0.3 is 0 Å². The van der Waals surface area contributed by atoms with Gasteiger partial charge in [-0.2, -0.15) is 11.8 Å². The molecule has 3 rings (SSSR count). The number of nitrogens with one attached hydrogen (secondary N) is 2. The smallest absolute Gasteiger partial charge is 0.253 e. The molecular weight excluding hydrogens is 298 g/mol. The molecule has 1 fully saturated rings. The summed E-state index contributed by atoms with van der Waals surface area (Å²) in [6.07, 6.45) is 1.34. The molecule has 0 spiro atoms. The third-order valence-electron chi connectivity index (χ3n) is 4.12. The van der Waals surface area contributed by atoms with Gasteiger partial charge in [0.05, 0.1) is 0 Å². The summed E-state index contributed by atoms with van der Waals surface area (Å²) < 4.78 is 0. The summed E-state index contributed by atoms with van der Waals surface area (Å²) >= 11 is 1.88. The molecule has 2 aliphatic heterocycles. The minimum Gasteiger partial charge on any atom is -0.341 e. The lowest BCUT2D eigenvalue weighted by Crippen LogP contribution is -2.40. The average Bonchev–Trinajstić information content (AvgIpc) is 2.52. The molecule has 2 heterocycles. The second-order valence-electron chi connectivity index (χ2n) is 5.83. The highest BCUT2D eigenvalue weighted by atomic mass is 32.2. The number of nitrogens with zero attached hydrogens (tertiary/aromatic N) is 1. The maximum absolute atomic E-state index is 12.2. The van der Waals surface area contributed by atoms with Gasteiger partial charge in [-0.1, -0.05) is 6.07 Å². The van der Waals surface area contributed by atoms with E-state index in [0.29, 0.717) is 17.7 Å². The van der Waals surface area contributed by atoms with Crippen LogP contribution >= 0.6 is 11.8 Å². The van der Waals surface area contributed by atoms with Gasteiger partial charge in [-0.05, 0) is 24.1 Å². The third kappa shape index (κ3) is 3.44. The Kier molecular flexibility index (Phi) is 4.69. The lowest BCUT2D eigenvalue weighted by molar-refractivity contribution is -0.116. The second-order valence-corrected chi connectivity index (χ2v) is 6.98. The molecule has 2 amide bonds. The summed E-state index contributed by atoms with van der Waals surface area (Å²) in [6, 6.07) is 5.88. The summed E-state index contributed by atoms with van der Waals surface area (Å²) in [4.78, 5) is 26.0. The first kappa shape index (κ1) is 15.4. The van der Waals surface area contributed by atoms with Gasteiger partial charge in [-0.15, -0.1) is 0 Å². The van der Waals surface area contributed by atoms with Crippen molar-refractivity contribution in [3.05, 3.63) is 29.3 Å². The first-order chi connectivity index (χ1) is 10.6. The van der Waals surface area contributed by atoms with Crippen LogP contribution in [0.5, 0.6) is 0 Å². The van der Waals surface area contributed by atoms with Crippen LogP contribution in [0.4, 0.5) is 5.69 Å². The Balaban J connectivity index is 1.65. The van der Waals surface area contributed by atoms with Crippen LogP contribution in [0.2, 0.25) is 0 Å². The molecule has 0 saturated carbocycles. The molecule has 2 N–H and O–H groups in total. The second kappa shape index (κ2) is 6.71. The van der Waals surface area contributed by atoms with Crippen molar-refractivity contribution in [1.29, 1.82) is 0 Å². The van der Waals surface area contributed by atoms with Crippen molar-refractivity contribution >= 4 is 29.3 Å². The van der Waals surface area contributed by atoms with Gasteiger partial charge in [0.1, 0.15) is 0 Å². The molecule has 6 heteroatoms. The Bertz CT molecular complexity index is 585. The maximum Gasteiger partial charge on any atom is 0.253 e. The maximum atomic E-state index is 12.2. The van der Waals surface area contributed by atoms with E-state index in [4.69, 9.17) is 0 Å². The van der Waals surface area contributed by atoms with Gasteiger partial charge in [0.25, 0.3) is 5.91 Å². The number of thioether (sulfide) groups is 1. The summed E-state index contributed by atoms with van der Waals surface area (Å²) in [5, 5.41) is 6.27. The van der Waals surface area contributed by atoms with Gasteiger partial charge in [0, 0.05) is 55.4 Å². The number of hydrogen-bond donors (Lipinski definition) is 2. The molecule has 1 atom stereocenters.